The molecule has 0 atom stereocenters. The SMILES string of the molecule is COc1ccc(SCCC(=O)N=c2sc3c(C)ccc(C)c3n2C)cc1. The van der Waals surface area contributed by atoms with Gasteiger partial charge in [0.2, 0.25) is 5.91 Å². The average Bonchev–Trinajstić information content (AvgIpc) is 2.96. The van der Waals surface area contributed by atoms with Crippen LogP contribution >= 0.6 is 23.1 Å². The quantitative estimate of drug-likeness (QED) is 0.608. The van der Waals surface area contributed by atoms with Crippen LogP contribution < -0.4 is 9.54 Å². The Bertz CT molecular complexity index is 1000. The minimum Gasteiger partial charge on any atom is -0.497 e. The van der Waals surface area contributed by atoms with E-state index in [0.717, 1.165) is 21.0 Å². The average molecular weight is 387 g/mol. The second-order valence-electron chi connectivity index (χ2n) is 6.10. The lowest BCUT2D eigenvalue weighted by Crippen LogP contribution is -2.13. The van der Waals surface area contributed by atoms with Gasteiger partial charge in [0.15, 0.2) is 4.80 Å². The van der Waals surface area contributed by atoms with Crippen molar-refractivity contribution < 1.29 is 9.53 Å². The smallest absolute Gasteiger partial charge is 0.249 e. The molecule has 0 unspecified atom stereocenters. The summed E-state index contributed by atoms with van der Waals surface area (Å²) in [6, 6.07) is 12.1. The minimum atomic E-state index is -0.0801. The first-order valence-corrected chi connectivity index (χ1v) is 10.2. The van der Waals surface area contributed by atoms with Gasteiger partial charge in [0.25, 0.3) is 0 Å². The Morgan fingerprint density at radius 1 is 1.15 bits per heavy atom. The highest BCUT2D eigenvalue weighted by Crippen LogP contribution is 2.24. The highest BCUT2D eigenvalue weighted by atomic mass is 32.2. The van der Waals surface area contributed by atoms with Gasteiger partial charge in [-0.05, 0) is 49.2 Å². The fraction of sp³-hybridized carbons (Fsp3) is 0.300. The molecule has 6 heteroatoms. The number of thiazole rings is 1. The molecule has 0 fully saturated rings. The molecule has 3 rings (SSSR count). The first-order valence-electron chi connectivity index (χ1n) is 8.39. The van der Waals surface area contributed by atoms with Gasteiger partial charge < -0.3 is 9.30 Å². The summed E-state index contributed by atoms with van der Waals surface area (Å²) < 4.78 is 8.38. The van der Waals surface area contributed by atoms with E-state index < -0.39 is 0 Å². The van der Waals surface area contributed by atoms with Crippen molar-refractivity contribution in [2.75, 3.05) is 12.9 Å². The molecule has 0 bridgehead atoms. The zero-order chi connectivity index (χ0) is 18.7. The van der Waals surface area contributed by atoms with Crippen molar-refractivity contribution in [3.63, 3.8) is 0 Å². The first kappa shape index (κ1) is 18.7. The van der Waals surface area contributed by atoms with Gasteiger partial charge in [-0.15, -0.1) is 11.8 Å². The van der Waals surface area contributed by atoms with E-state index in [1.807, 2.05) is 35.9 Å². The Morgan fingerprint density at radius 3 is 2.50 bits per heavy atom. The van der Waals surface area contributed by atoms with Crippen LogP contribution in [-0.4, -0.2) is 23.3 Å². The Kier molecular flexibility index (Phi) is 5.84. The van der Waals surface area contributed by atoms with Gasteiger partial charge >= 0.3 is 0 Å². The van der Waals surface area contributed by atoms with Crippen LogP contribution in [0.1, 0.15) is 17.5 Å². The Labute approximate surface area is 161 Å². The van der Waals surface area contributed by atoms with E-state index in [4.69, 9.17) is 4.74 Å². The molecule has 0 saturated heterocycles. The zero-order valence-electron chi connectivity index (χ0n) is 15.4. The van der Waals surface area contributed by atoms with Gasteiger partial charge in [-0.1, -0.05) is 23.5 Å². The maximum atomic E-state index is 12.3. The minimum absolute atomic E-state index is 0.0801. The van der Waals surface area contributed by atoms with Crippen LogP contribution in [0.2, 0.25) is 0 Å². The van der Waals surface area contributed by atoms with E-state index in [0.29, 0.717) is 12.2 Å². The van der Waals surface area contributed by atoms with Crippen LogP contribution in [0.4, 0.5) is 0 Å². The van der Waals surface area contributed by atoms with E-state index in [9.17, 15) is 4.79 Å². The molecule has 0 aliphatic heterocycles. The number of ether oxygens (including phenoxy) is 1. The highest BCUT2D eigenvalue weighted by molar-refractivity contribution is 7.99. The third-order valence-corrected chi connectivity index (χ3v) is 6.49. The number of thioether (sulfide) groups is 1. The normalized spacial score (nSPS) is 11.9. The zero-order valence-corrected chi connectivity index (χ0v) is 17.0. The van der Waals surface area contributed by atoms with Crippen molar-refractivity contribution >= 4 is 39.2 Å². The van der Waals surface area contributed by atoms with Crippen molar-refractivity contribution in [1.82, 2.24) is 4.57 Å². The number of aryl methyl sites for hydroxylation is 3. The standard InChI is InChI=1S/C20H22N2O2S2/c1-13-5-6-14(2)19-18(13)22(3)20(26-19)21-17(23)11-12-25-16-9-7-15(24-4)8-10-16/h5-10H,11-12H2,1-4H3. The number of nitrogens with zero attached hydrogens (tertiary/aromatic N) is 2. The van der Waals surface area contributed by atoms with E-state index >= 15 is 0 Å². The second-order valence-corrected chi connectivity index (χ2v) is 8.25. The van der Waals surface area contributed by atoms with Crippen molar-refractivity contribution in [1.29, 1.82) is 0 Å². The number of fused-ring (bicyclic) bond motifs is 1. The lowest BCUT2D eigenvalue weighted by molar-refractivity contribution is -0.117. The van der Waals surface area contributed by atoms with E-state index in [2.05, 4.69) is 31.0 Å². The molecular weight excluding hydrogens is 364 g/mol. The Balaban J connectivity index is 1.70. The monoisotopic (exact) mass is 386 g/mol. The molecule has 1 aromatic heterocycles. The number of hydrogen-bond donors (Lipinski definition) is 0. The summed E-state index contributed by atoms with van der Waals surface area (Å²) in [5.74, 6) is 1.47. The van der Waals surface area contributed by atoms with Crippen LogP contribution in [0.25, 0.3) is 10.2 Å². The van der Waals surface area contributed by atoms with Gasteiger partial charge in [0.05, 0.1) is 17.3 Å². The van der Waals surface area contributed by atoms with Crippen LogP contribution in [0.15, 0.2) is 46.3 Å². The van der Waals surface area contributed by atoms with Crippen molar-refractivity contribution in [2.45, 2.75) is 25.2 Å². The largest absolute Gasteiger partial charge is 0.497 e. The summed E-state index contributed by atoms with van der Waals surface area (Å²) in [5.41, 5.74) is 3.58. The topological polar surface area (TPSA) is 43.6 Å². The Morgan fingerprint density at radius 2 is 1.85 bits per heavy atom. The third kappa shape index (κ3) is 4.02. The molecular formula is C20H22N2O2S2. The number of carbonyl (C=O) groups excluding carboxylic acids is 1. The second kappa shape index (κ2) is 8.10. The molecule has 136 valence electrons. The number of carbonyl (C=O) groups is 1. The highest BCUT2D eigenvalue weighted by Gasteiger charge is 2.09. The Hall–Kier alpha value is -2.05. The number of methoxy groups -OCH3 is 1. The van der Waals surface area contributed by atoms with Crippen LogP contribution in [0.3, 0.4) is 0 Å². The lowest BCUT2D eigenvalue weighted by Gasteiger charge is -2.02. The summed E-state index contributed by atoms with van der Waals surface area (Å²) in [7, 11) is 3.63. The van der Waals surface area contributed by atoms with Crippen molar-refractivity contribution in [2.24, 2.45) is 12.0 Å². The van der Waals surface area contributed by atoms with Gasteiger partial charge in [-0.3, -0.25) is 4.79 Å². The molecule has 0 N–H and O–H groups in total. The molecule has 4 nitrogen and oxygen atoms in total. The van der Waals surface area contributed by atoms with E-state index in [-0.39, 0.29) is 5.91 Å². The molecule has 0 aliphatic carbocycles. The molecule has 2 aromatic carbocycles. The van der Waals surface area contributed by atoms with E-state index in [1.165, 1.54) is 15.8 Å². The first-order chi connectivity index (χ1) is 12.5. The maximum Gasteiger partial charge on any atom is 0.249 e. The van der Waals surface area contributed by atoms with Crippen LogP contribution in [-0.2, 0) is 11.8 Å². The van der Waals surface area contributed by atoms with Gasteiger partial charge in [-0.2, -0.15) is 4.99 Å². The van der Waals surface area contributed by atoms with Gasteiger partial charge in [-0.25, -0.2) is 0 Å². The predicted octanol–water partition coefficient (Wildman–Crippen LogP) is 4.47. The van der Waals surface area contributed by atoms with Crippen molar-refractivity contribution in [3.8, 4) is 5.75 Å². The molecule has 0 spiro atoms. The van der Waals surface area contributed by atoms with Crippen LogP contribution in [0.5, 0.6) is 5.75 Å². The van der Waals surface area contributed by atoms with Crippen LogP contribution in [0, 0.1) is 13.8 Å². The molecule has 26 heavy (non-hydrogen) atoms. The number of aromatic nitrogens is 1. The maximum absolute atomic E-state index is 12.3. The fourth-order valence-corrected chi connectivity index (χ4v) is 4.78. The molecule has 0 aliphatic rings. The molecule has 0 saturated carbocycles. The van der Waals surface area contributed by atoms with E-state index in [1.54, 1.807) is 30.2 Å². The summed E-state index contributed by atoms with van der Waals surface area (Å²) in [4.78, 5) is 18.5. The summed E-state index contributed by atoms with van der Waals surface area (Å²) in [6.45, 7) is 4.18. The summed E-state index contributed by atoms with van der Waals surface area (Å²) in [5, 5.41) is 0. The lowest BCUT2D eigenvalue weighted by atomic mass is 10.1. The number of amides is 1. The predicted molar refractivity (Wildman–Crippen MR) is 109 cm³/mol. The number of hydrogen-bond acceptors (Lipinski definition) is 4. The molecule has 1 amide bonds. The van der Waals surface area contributed by atoms with Crippen molar-refractivity contribution in [3.05, 3.63) is 52.3 Å². The number of rotatable bonds is 5. The fourth-order valence-electron chi connectivity index (χ4n) is 2.76. The molecule has 1 heterocycles. The van der Waals surface area contributed by atoms with Gasteiger partial charge in [0, 0.05) is 24.1 Å². The van der Waals surface area contributed by atoms with Gasteiger partial charge in [0.1, 0.15) is 5.75 Å². The summed E-state index contributed by atoms with van der Waals surface area (Å²) >= 11 is 3.23. The molecule has 0 radical (unpaired) electrons. The third-order valence-electron chi connectivity index (χ3n) is 4.21. The molecule has 3 aromatic rings. The summed E-state index contributed by atoms with van der Waals surface area (Å²) in [6.07, 6.45) is 0.420. The number of benzene rings is 2.